The predicted octanol–water partition coefficient (Wildman–Crippen LogP) is 4.20. The van der Waals surface area contributed by atoms with Gasteiger partial charge in [0.25, 0.3) is 0 Å². The van der Waals surface area contributed by atoms with Crippen LogP contribution < -0.4 is 15.0 Å². The number of hydrogen-bond donors (Lipinski definition) is 1. The first kappa shape index (κ1) is 20.4. The number of ether oxygens (including phenoxy) is 1. The zero-order valence-corrected chi connectivity index (χ0v) is 17.0. The van der Waals surface area contributed by atoms with E-state index < -0.39 is 6.36 Å². The van der Waals surface area contributed by atoms with Crippen LogP contribution in [0.1, 0.15) is 42.8 Å². The Morgan fingerprint density at radius 2 is 1.87 bits per heavy atom. The summed E-state index contributed by atoms with van der Waals surface area (Å²) < 4.78 is 40.8. The van der Waals surface area contributed by atoms with Gasteiger partial charge in [0.2, 0.25) is 5.91 Å². The van der Waals surface area contributed by atoms with Crippen molar-refractivity contribution >= 4 is 17.4 Å². The molecular formula is C21H23F3N4O2. The third-order valence-electron chi connectivity index (χ3n) is 5.95. The van der Waals surface area contributed by atoms with Crippen molar-refractivity contribution in [3.8, 4) is 5.75 Å². The van der Waals surface area contributed by atoms with Gasteiger partial charge in [0, 0.05) is 13.5 Å². The molecular weight excluding hydrogens is 397 g/mol. The molecule has 1 atom stereocenters. The zero-order chi connectivity index (χ0) is 21.6. The molecule has 1 fully saturated rings. The molecule has 1 aliphatic heterocycles. The van der Waals surface area contributed by atoms with Crippen LogP contribution in [0.4, 0.5) is 24.7 Å². The Balaban J connectivity index is 1.39. The lowest BCUT2D eigenvalue weighted by molar-refractivity contribution is -0.274. The molecule has 4 rings (SSSR count). The van der Waals surface area contributed by atoms with Crippen LogP contribution in [-0.4, -0.2) is 35.3 Å². The van der Waals surface area contributed by atoms with E-state index in [1.807, 2.05) is 25.8 Å². The van der Waals surface area contributed by atoms with Gasteiger partial charge in [-0.3, -0.25) is 4.79 Å². The van der Waals surface area contributed by atoms with Gasteiger partial charge >= 0.3 is 6.36 Å². The maximum Gasteiger partial charge on any atom is 0.573 e. The number of hydrogen-bond acceptors (Lipinski definition) is 5. The second-order valence-corrected chi connectivity index (χ2v) is 8.06. The van der Waals surface area contributed by atoms with Gasteiger partial charge in [-0.15, -0.1) is 13.2 Å². The van der Waals surface area contributed by atoms with Crippen molar-refractivity contribution in [1.29, 1.82) is 0 Å². The molecule has 6 nitrogen and oxygen atoms in total. The largest absolute Gasteiger partial charge is 0.573 e. The van der Waals surface area contributed by atoms with Gasteiger partial charge in [0.15, 0.2) is 5.82 Å². The molecule has 1 amide bonds. The summed E-state index contributed by atoms with van der Waals surface area (Å²) >= 11 is 0. The van der Waals surface area contributed by atoms with Crippen LogP contribution in [0.5, 0.6) is 5.75 Å². The highest BCUT2D eigenvalue weighted by Crippen LogP contribution is 2.44. The van der Waals surface area contributed by atoms with Crippen LogP contribution in [0.2, 0.25) is 0 Å². The van der Waals surface area contributed by atoms with Gasteiger partial charge in [-0.1, -0.05) is 12.1 Å². The fourth-order valence-corrected chi connectivity index (χ4v) is 4.07. The molecule has 1 N–H and O–H groups in total. The number of fused-ring (bicyclic) bond motifs is 1. The second kappa shape index (κ2) is 7.45. The first-order chi connectivity index (χ1) is 14.1. The number of aromatic nitrogens is 2. The normalized spacial score (nSPS) is 23.5. The van der Waals surface area contributed by atoms with E-state index in [1.54, 1.807) is 12.1 Å². The van der Waals surface area contributed by atoms with Crippen LogP contribution in [-0.2, 0) is 11.2 Å². The Labute approximate surface area is 172 Å². The van der Waals surface area contributed by atoms with E-state index in [0.717, 1.165) is 42.2 Å². The molecule has 160 valence electrons. The average Bonchev–Trinajstić information content (AvgIpc) is 2.63. The Morgan fingerprint density at radius 1 is 1.20 bits per heavy atom. The summed E-state index contributed by atoms with van der Waals surface area (Å²) in [5.74, 6) is 1.94. The molecule has 2 aliphatic rings. The lowest BCUT2D eigenvalue weighted by Crippen LogP contribution is -2.45. The highest BCUT2D eigenvalue weighted by molar-refractivity contribution is 6.02. The SMILES string of the molecule is Cc1nc(CC2CC(c3ccc(OC(F)(F)F)cc3)C2)nc2c1NC(=O)[C@H](C)N2C. The van der Waals surface area contributed by atoms with Gasteiger partial charge in [-0.05, 0) is 56.2 Å². The van der Waals surface area contributed by atoms with Crippen molar-refractivity contribution in [2.24, 2.45) is 5.92 Å². The number of amides is 1. The van der Waals surface area contributed by atoms with Gasteiger partial charge < -0.3 is 15.0 Å². The van der Waals surface area contributed by atoms with Crippen molar-refractivity contribution < 1.29 is 22.7 Å². The number of carbonyl (C=O) groups is 1. The van der Waals surface area contributed by atoms with Gasteiger partial charge in [0.1, 0.15) is 23.3 Å². The first-order valence-corrected chi connectivity index (χ1v) is 9.87. The Kier molecular flexibility index (Phi) is 5.07. The van der Waals surface area contributed by atoms with Gasteiger partial charge in [-0.2, -0.15) is 0 Å². The van der Waals surface area contributed by atoms with Crippen molar-refractivity contribution in [3.63, 3.8) is 0 Å². The van der Waals surface area contributed by atoms with Crippen LogP contribution in [0.25, 0.3) is 0 Å². The molecule has 2 heterocycles. The molecule has 1 saturated carbocycles. The summed E-state index contributed by atoms with van der Waals surface area (Å²) in [6.07, 6.45) is -2.08. The molecule has 0 saturated heterocycles. The number of rotatable bonds is 4. The van der Waals surface area contributed by atoms with Gasteiger partial charge in [-0.25, -0.2) is 9.97 Å². The standard InChI is InChI=1S/C21H23F3N4O2/c1-11-18-19(28(3)12(2)20(29)27-18)26-17(25-11)10-13-8-15(9-13)14-4-6-16(7-5-14)30-21(22,23)24/h4-7,12-13,15H,8-10H2,1-3H3,(H,27,29)/t12-,13?,15?/m0/s1. The van der Waals surface area contributed by atoms with Crippen molar-refractivity contribution in [2.75, 3.05) is 17.3 Å². The number of likely N-dealkylation sites (N-methyl/N-ethyl adjacent to an activating group) is 1. The lowest BCUT2D eigenvalue weighted by Gasteiger charge is -2.36. The van der Waals surface area contributed by atoms with Crippen molar-refractivity contribution in [3.05, 3.63) is 41.3 Å². The van der Waals surface area contributed by atoms with Crippen molar-refractivity contribution in [2.45, 2.75) is 51.4 Å². The highest BCUT2D eigenvalue weighted by atomic mass is 19.4. The topological polar surface area (TPSA) is 67.4 Å². The number of alkyl halides is 3. The van der Waals surface area contributed by atoms with Crippen LogP contribution in [0.3, 0.4) is 0 Å². The number of aryl methyl sites for hydroxylation is 1. The van der Waals surface area contributed by atoms with Crippen LogP contribution in [0, 0.1) is 12.8 Å². The smallest absolute Gasteiger partial charge is 0.406 e. The molecule has 30 heavy (non-hydrogen) atoms. The van der Waals surface area contributed by atoms with E-state index in [2.05, 4.69) is 20.0 Å². The third-order valence-corrected chi connectivity index (χ3v) is 5.95. The minimum absolute atomic E-state index is 0.0714. The zero-order valence-electron chi connectivity index (χ0n) is 17.0. The summed E-state index contributed by atoms with van der Waals surface area (Å²) in [6, 6.07) is 5.81. The van der Waals surface area contributed by atoms with E-state index in [-0.39, 0.29) is 17.7 Å². The Morgan fingerprint density at radius 3 is 2.50 bits per heavy atom. The maximum absolute atomic E-state index is 12.3. The monoisotopic (exact) mass is 420 g/mol. The molecule has 0 bridgehead atoms. The number of nitrogens with zero attached hydrogens (tertiary/aromatic N) is 3. The average molecular weight is 420 g/mol. The van der Waals surface area contributed by atoms with Gasteiger partial charge in [0.05, 0.1) is 5.69 Å². The molecule has 9 heteroatoms. The van der Waals surface area contributed by atoms with E-state index in [4.69, 9.17) is 0 Å². The number of benzene rings is 1. The molecule has 0 unspecified atom stereocenters. The summed E-state index contributed by atoms with van der Waals surface area (Å²) in [5.41, 5.74) is 2.43. The summed E-state index contributed by atoms with van der Waals surface area (Å²) in [6.45, 7) is 3.69. The van der Waals surface area contributed by atoms with E-state index in [1.165, 1.54) is 12.1 Å². The van der Waals surface area contributed by atoms with E-state index in [9.17, 15) is 18.0 Å². The fourth-order valence-electron chi connectivity index (χ4n) is 4.07. The van der Waals surface area contributed by atoms with Crippen LogP contribution >= 0.6 is 0 Å². The number of halogens is 3. The molecule has 0 radical (unpaired) electrons. The molecule has 1 aromatic carbocycles. The predicted molar refractivity (Wildman–Crippen MR) is 106 cm³/mol. The number of anilines is 2. The highest BCUT2D eigenvalue weighted by Gasteiger charge is 2.34. The summed E-state index contributed by atoms with van der Waals surface area (Å²) in [5, 5.41) is 2.88. The Hall–Kier alpha value is -2.84. The molecule has 1 aromatic heterocycles. The quantitative estimate of drug-likeness (QED) is 0.803. The Bertz CT molecular complexity index is 956. The number of carbonyl (C=O) groups excluding carboxylic acids is 1. The third kappa shape index (κ3) is 4.06. The van der Waals surface area contributed by atoms with Crippen molar-refractivity contribution in [1.82, 2.24) is 9.97 Å². The minimum Gasteiger partial charge on any atom is -0.406 e. The van der Waals surface area contributed by atoms with E-state index in [0.29, 0.717) is 17.5 Å². The summed E-state index contributed by atoms with van der Waals surface area (Å²) in [4.78, 5) is 23.1. The maximum atomic E-state index is 12.3. The van der Waals surface area contributed by atoms with Crippen LogP contribution in [0.15, 0.2) is 24.3 Å². The second-order valence-electron chi connectivity index (χ2n) is 8.06. The first-order valence-electron chi connectivity index (χ1n) is 9.87. The molecule has 1 aliphatic carbocycles. The number of nitrogens with one attached hydrogen (secondary N) is 1. The minimum atomic E-state index is -4.68. The molecule has 2 aromatic rings. The summed E-state index contributed by atoms with van der Waals surface area (Å²) in [7, 11) is 1.85. The molecule has 0 spiro atoms. The lowest BCUT2D eigenvalue weighted by atomic mass is 9.70. The van der Waals surface area contributed by atoms with E-state index >= 15 is 0 Å². The fraction of sp³-hybridized carbons (Fsp3) is 0.476.